The van der Waals surface area contributed by atoms with Crippen LogP contribution in [-0.2, 0) is 16.1 Å². The highest BCUT2D eigenvalue weighted by Gasteiger charge is 2.24. The molecule has 1 aliphatic rings. The number of carbonyl (C=O) groups is 1. The van der Waals surface area contributed by atoms with Crippen LogP contribution in [0.2, 0.25) is 0 Å². The zero-order valence-corrected chi connectivity index (χ0v) is 14.8. The summed E-state index contributed by atoms with van der Waals surface area (Å²) >= 11 is 0. The smallest absolute Gasteiger partial charge is 0.363 e. The number of aliphatic imine (C=N–C) groups is 1. The molecule has 3 aromatic carbocycles. The first-order valence-corrected chi connectivity index (χ1v) is 8.73. The zero-order chi connectivity index (χ0) is 19.3. The number of benzene rings is 3. The topological polar surface area (TPSA) is 47.9 Å². The number of rotatable bonds is 5. The molecule has 138 valence electrons. The van der Waals surface area contributed by atoms with Gasteiger partial charge < -0.3 is 9.47 Å². The Morgan fingerprint density at radius 1 is 0.964 bits per heavy atom. The molecule has 3 aromatic rings. The van der Waals surface area contributed by atoms with Gasteiger partial charge in [0.1, 0.15) is 18.2 Å². The molecule has 1 heterocycles. The Labute approximate surface area is 161 Å². The molecule has 0 bridgehead atoms. The van der Waals surface area contributed by atoms with Crippen LogP contribution >= 0.6 is 0 Å². The first kappa shape index (κ1) is 17.7. The first-order chi connectivity index (χ1) is 13.7. The monoisotopic (exact) mass is 373 g/mol. The SMILES string of the molecule is O=C1OC(c2cccc(F)c2)=N/C1=C/c1cccc(OCc2ccccc2)c1. The third-order valence-electron chi connectivity index (χ3n) is 4.10. The minimum absolute atomic E-state index is 0.0900. The maximum atomic E-state index is 13.4. The zero-order valence-electron chi connectivity index (χ0n) is 14.8. The van der Waals surface area contributed by atoms with Crippen molar-refractivity contribution in [2.75, 3.05) is 0 Å². The van der Waals surface area contributed by atoms with Crippen LogP contribution in [-0.4, -0.2) is 11.9 Å². The Hall–Kier alpha value is -3.73. The summed E-state index contributed by atoms with van der Waals surface area (Å²) < 4.78 is 24.3. The molecular weight excluding hydrogens is 357 g/mol. The van der Waals surface area contributed by atoms with Crippen LogP contribution in [0.15, 0.2) is 89.6 Å². The fraction of sp³-hybridized carbons (Fsp3) is 0.0435. The van der Waals surface area contributed by atoms with E-state index in [0.29, 0.717) is 17.9 Å². The Bertz CT molecular complexity index is 1070. The summed E-state index contributed by atoms with van der Waals surface area (Å²) in [6, 6.07) is 23.0. The predicted molar refractivity (Wildman–Crippen MR) is 104 cm³/mol. The third-order valence-corrected chi connectivity index (χ3v) is 4.10. The lowest BCUT2D eigenvalue weighted by molar-refractivity contribution is -0.129. The fourth-order valence-corrected chi connectivity index (χ4v) is 2.75. The van der Waals surface area contributed by atoms with E-state index in [4.69, 9.17) is 9.47 Å². The first-order valence-electron chi connectivity index (χ1n) is 8.73. The van der Waals surface area contributed by atoms with Gasteiger partial charge in [0.25, 0.3) is 0 Å². The van der Waals surface area contributed by atoms with Crippen molar-refractivity contribution >= 4 is 17.9 Å². The molecule has 0 fully saturated rings. The molecule has 0 atom stereocenters. The summed E-state index contributed by atoms with van der Waals surface area (Å²) in [4.78, 5) is 16.3. The summed E-state index contributed by atoms with van der Waals surface area (Å²) in [5.41, 5.74) is 2.38. The number of ether oxygens (including phenoxy) is 2. The van der Waals surface area contributed by atoms with Gasteiger partial charge in [0.2, 0.25) is 5.90 Å². The molecule has 0 aliphatic carbocycles. The van der Waals surface area contributed by atoms with Crippen LogP contribution in [0.5, 0.6) is 5.75 Å². The highest BCUT2D eigenvalue weighted by molar-refractivity contribution is 6.12. The van der Waals surface area contributed by atoms with Crippen LogP contribution in [0, 0.1) is 5.82 Å². The molecular formula is C23H16FNO3. The van der Waals surface area contributed by atoms with Crippen molar-refractivity contribution < 1.29 is 18.7 Å². The highest BCUT2D eigenvalue weighted by Crippen LogP contribution is 2.22. The lowest BCUT2D eigenvalue weighted by Crippen LogP contribution is -2.05. The van der Waals surface area contributed by atoms with Crippen LogP contribution < -0.4 is 4.74 Å². The second kappa shape index (κ2) is 7.88. The van der Waals surface area contributed by atoms with Crippen molar-refractivity contribution in [3.63, 3.8) is 0 Å². The largest absolute Gasteiger partial charge is 0.489 e. The number of nitrogens with zero attached hydrogens (tertiary/aromatic N) is 1. The van der Waals surface area contributed by atoms with Gasteiger partial charge in [0.05, 0.1) is 0 Å². The van der Waals surface area contributed by atoms with Crippen LogP contribution in [0.3, 0.4) is 0 Å². The summed E-state index contributed by atoms with van der Waals surface area (Å²) in [5.74, 6) is -0.224. The van der Waals surface area contributed by atoms with Crippen molar-refractivity contribution in [1.29, 1.82) is 0 Å². The van der Waals surface area contributed by atoms with E-state index in [0.717, 1.165) is 11.1 Å². The summed E-state index contributed by atoms with van der Waals surface area (Å²) in [7, 11) is 0. The van der Waals surface area contributed by atoms with Crippen LogP contribution in [0.25, 0.3) is 6.08 Å². The molecule has 28 heavy (non-hydrogen) atoms. The standard InChI is InChI=1S/C23H16FNO3/c24-19-10-5-9-18(14-19)22-25-21(23(26)28-22)13-17-8-4-11-20(12-17)27-15-16-6-2-1-3-7-16/h1-14H,15H2/b21-13+. The van der Waals surface area contributed by atoms with E-state index in [2.05, 4.69) is 4.99 Å². The Morgan fingerprint density at radius 3 is 2.61 bits per heavy atom. The van der Waals surface area contributed by atoms with E-state index in [1.54, 1.807) is 12.1 Å². The molecule has 0 saturated heterocycles. The summed E-state index contributed by atoms with van der Waals surface area (Å²) in [6.45, 7) is 0.449. The Kier molecular flexibility index (Phi) is 4.97. The average Bonchev–Trinajstić information content (AvgIpc) is 3.08. The molecule has 0 aromatic heterocycles. The van der Waals surface area contributed by atoms with Crippen molar-refractivity contribution in [2.24, 2.45) is 4.99 Å². The van der Waals surface area contributed by atoms with Gasteiger partial charge in [0.15, 0.2) is 5.70 Å². The van der Waals surface area contributed by atoms with Gasteiger partial charge >= 0.3 is 5.97 Å². The molecule has 0 unspecified atom stereocenters. The molecule has 4 rings (SSSR count). The fourth-order valence-electron chi connectivity index (χ4n) is 2.75. The summed E-state index contributed by atoms with van der Waals surface area (Å²) in [6.07, 6.45) is 1.62. The van der Waals surface area contributed by atoms with Gasteiger partial charge in [-0.3, -0.25) is 0 Å². The van der Waals surface area contributed by atoms with Gasteiger partial charge in [-0.15, -0.1) is 0 Å². The number of halogens is 1. The van der Waals surface area contributed by atoms with E-state index < -0.39 is 11.8 Å². The Morgan fingerprint density at radius 2 is 1.79 bits per heavy atom. The summed E-state index contributed by atoms with van der Waals surface area (Å²) in [5, 5.41) is 0. The minimum Gasteiger partial charge on any atom is -0.489 e. The molecule has 0 spiro atoms. The van der Waals surface area contributed by atoms with Crippen LogP contribution in [0.4, 0.5) is 4.39 Å². The Balaban J connectivity index is 1.52. The second-order valence-electron chi connectivity index (χ2n) is 6.19. The molecule has 0 saturated carbocycles. The second-order valence-corrected chi connectivity index (χ2v) is 6.19. The lowest BCUT2D eigenvalue weighted by atomic mass is 10.2. The normalized spacial score (nSPS) is 14.7. The molecule has 5 heteroatoms. The maximum Gasteiger partial charge on any atom is 0.363 e. The molecule has 0 N–H and O–H groups in total. The van der Waals surface area contributed by atoms with Gasteiger partial charge in [0, 0.05) is 5.56 Å². The lowest BCUT2D eigenvalue weighted by Gasteiger charge is -2.07. The molecule has 4 nitrogen and oxygen atoms in total. The number of hydrogen-bond donors (Lipinski definition) is 0. The molecule has 0 amide bonds. The van der Waals surface area contributed by atoms with Crippen LogP contribution in [0.1, 0.15) is 16.7 Å². The average molecular weight is 373 g/mol. The van der Waals surface area contributed by atoms with Crippen molar-refractivity contribution in [2.45, 2.75) is 6.61 Å². The number of esters is 1. The maximum absolute atomic E-state index is 13.4. The van der Waals surface area contributed by atoms with E-state index in [1.165, 1.54) is 18.2 Å². The van der Waals surface area contributed by atoms with Crippen molar-refractivity contribution in [3.05, 3.63) is 107 Å². The number of carbonyl (C=O) groups excluding carboxylic acids is 1. The third kappa shape index (κ3) is 4.15. The van der Waals surface area contributed by atoms with E-state index in [-0.39, 0.29) is 11.6 Å². The van der Waals surface area contributed by atoms with Gasteiger partial charge in [-0.1, -0.05) is 48.5 Å². The predicted octanol–water partition coefficient (Wildman–Crippen LogP) is 4.75. The molecule has 1 aliphatic heterocycles. The van der Waals surface area contributed by atoms with E-state index >= 15 is 0 Å². The minimum atomic E-state index is -0.574. The van der Waals surface area contributed by atoms with Crippen molar-refractivity contribution in [1.82, 2.24) is 0 Å². The van der Waals surface area contributed by atoms with Crippen molar-refractivity contribution in [3.8, 4) is 5.75 Å². The number of cyclic esters (lactones) is 1. The van der Waals surface area contributed by atoms with E-state index in [9.17, 15) is 9.18 Å². The van der Waals surface area contributed by atoms with Gasteiger partial charge in [-0.05, 0) is 47.5 Å². The quantitative estimate of drug-likeness (QED) is 0.479. The highest BCUT2D eigenvalue weighted by atomic mass is 19.1. The van der Waals surface area contributed by atoms with Gasteiger partial charge in [-0.2, -0.15) is 0 Å². The molecule has 0 radical (unpaired) electrons. The van der Waals surface area contributed by atoms with E-state index in [1.807, 2.05) is 54.6 Å². The van der Waals surface area contributed by atoms with Gasteiger partial charge in [-0.25, -0.2) is 14.2 Å². The number of hydrogen-bond acceptors (Lipinski definition) is 4.